The average Bonchev–Trinajstić information content (AvgIpc) is 2.60. The molecular formula is C20H18NO2P. The van der Waals surface area contributed by atoms with E-state index in [1.165, 1.54) is 32.7 Å². The summed E-state index contributed by atoms with van der Waals surface area (Å²) in [6.07, 6.45) is 0. The molecule has 0 bridgehead atoms. The minimum Gasteiger partial charge on any atom is -0.336 e. The summed E-state index contributed by atoms with van der Waals surface area (Å²) in [5.74, 6) is 0. The molecule has 3 nitrogen and oxygen atoms in total. The maximum atomic E-state index is 8.96. The van der Waals surface area contributed by atoms with E-state index in [9.17, 15) is 0 Å². The van der Waals surface area contributed by atoms with E-state index in [-0.39, 0.29) is 0 Å². The van der Waals surface area contributed by atoms with Gasteiger partial charge in [0.1, 0.15) is 0 Å². The molecule has 0 aliphatic heterocycles. The van der Waals surface area contributed by atoms with Crippen molar-refractivity contribution in [1.29, 1.82) is 0 Å². The van der Waals surface area contributed by atoms with Gasteiger partial charge in [0.2, 0.25) is 0 Å². The topological polar surface area (TPSA) is 63.3 Å². The molecule has 24 heavy (non-hydrogen) atoms. The first kappa shape index (κ1) is 16.4. The molecule has 0 spiro atoms. The van der Waals surface area contributed by atoms with Gasteiger partial charge in [-0.25, -0.2) is 0 Å². The first-order valence-electron chi connectivity index (χ1n) is 7.61. The normalized spacial score (nSPS) is 11.8. The summed E-state index contributed by atoms with van der Waals surface area (Å²) < 4.78 is 8.96. The maximum absolute atomic E-state index is 8.96. The molecule has 0 aliphatic rings. The van der Waals surface area contributed by atoms with Crippen LogP contribution in [0.4, 0.5) is 0 Å². The van der Waals surface area contributed by atoms with Crippen LogP contribution in [-0.4, -0.2) is 4.89 Å². The van der Waals surface area contributed by atoms with E-state index < -0.39 is 8.18 Å². The molecule has 0 radical (unpaired) electrons. The van der Waals surface area contributed by atoms with E-state index in [0.717, 1.165) is 0 Å². The summed E-state index contributed by atoms with van der Waals surface area (Å²) in [5, 5.41) is 5.20. The number of benzene rings is 4. The van der Waals surface area contributed by atoms with E-state index >= 15 is 0 Å². The Balaban J connectivity index is 0.000000383. The van der Waals surface area contributed by atoms with Crippen molar-refractivity contribution in [3.8, 4) is 11.1 Å². The van der Waals surface area contributed by atoms with Crippen molar-refractivity contribution in [3.05, 3.63) is 84.9 Å². The highest BCUT2D eigenvalue weighted by Crippen LogP contribution is 2.33. The molecule has 0 amide bonds. The summed E-state index contributed by atoms with van der Waals surface area (Å²) in [6.45, 7) is 0. The van der Waals surface area contributed by atoms with Crippen LogP contribution in [0.2, 0.25) is 0 Å². The van der Waals surface area contributed by atoms with Crippen molar-refractivity contribution >= 4 is 29.7 Å². The molecule has 120 valence electrons. The lowest BCUT2D eigenvalue weighted by Gasteiger charge is -2.10. The van der Waals surface area contributed by atoms with Crippen LogP contribution >= 0.6 is 8.18 Å². The summed E-state index contributed by atoms with van der Waals surface area (Å²) in [5.41, 5.74) is 6.82. The van der Waals surface area contributed by atoms with Crippen LogP contribution in [0.15, 0.2) is 84.9 Å². The predicted molar refractivity (Wildman–Crippen MR) is 102 cm³/mol. The largest absolute Gasteiger partial charge is 0.336 e. The zero-order valence-corrected chi connectivity index (χ0v) is 14.0. The van der Waals surface area contributed by atoms with Gasteiger partial charge in [0.25, 0.3) is 8.18 Å². The predicted octanol–water partition coefficient (Wildman–Crippen LogP) is 4.99. The molecule has 4 aromatic rings. The van der Waals surface area contributed by atoms with Crippen molar-refractivity contribution in [2.45, 2.75) is 0 Å². The van der Waals surface area contributed by atoms with Crippen LogP contribution in [0, 0.1) is 0 Å². The van der Waals surface area contributed by atoms with Gasteiger partial charge in [-0.3, -0.25) is 10.1 Å². The lowest BCUT2D eigenvalue weighted by molar-refractivity contribution is 0.504. The van der Waals surface area contributed by atoms with Gasteiger partial charge in [-0.15, -0.1) is 0 Å². The van der Waals surface area contributed by atoms with Crippen LogP contribution in [-0.2, 0) is 4.57 Å². The molecule has 3 N–H and O–H groups in total. The fraction of sp³-hybridized carbons (Fsp3) is 0. The quantitative estimate of drug-likeness (QED) is 0.482. The van der Waals surface area contributed by atoms with Gasteiger partial charge < -0.3 is 4.89 Å². The second-order valence-corrected chi connectivity index (χ2v) is 6.07. The number of hydrogen-bond donors (Lipinski definition) is 2. The zero-order valence-electron chi connectivity index (χ0n) is 13.0. The number of hydrogen-bond acceptors (Lipinski definition) is 1. The van der Waals surface area contributed by atoms with Crippen LogP contribution < -0.4 is 5.50 Å². The first-order valence-corrected chi connectivity index (χ1v) is 9.04. The summed E-state index contributed by atoms with van der Waals surface area (Å²) in [4.78, 5) is 7.38. The highest BCUT2D eigenvalue weighted by atomic mass is 31.1. The van der Waals surface area contributed by atoms with Gasteiger partial charge in [-0.1, -0.05) is 84.9 Å². The highest BCUT2D eigenvalue weighted by Gasteiger charge is 2.06. The van der Waals surface area contributed by atoms with Crippen LogP contribution in [0.5, 0.6) is 0 Å². The molecular weight excluding hydrogens is 317 g/mol. The van der Waals surface area contributed by atoms with Crippen LogP contribution in [0.1, 0.15) is 0 Å². The van der Waals surface area contributed by atoms with E-state index in [1.807, 2.05) is 0 Å². The molecule has 4 aromatic carbocycles. The third kappa shape index (κ3) is 3.55. The van der Waals surface area contributed by atoms with Gasteiger partial charge in [0.15, 0.2) is 0 Å². The fourth-order valence-corrected chi connectivity index (χ4v) is 2.92. The van der Waals surface area contributed by atoms with Gasteiger partial charge in [-0.2, -0.15) is 0 Å². The van der Waals surface area contributed by atoms with Gasteiger partial charge >= 0.3 is 0 Å². The van der Waals surface area contributed by atoms with E-state index in [1.54, 1.807) is 0 Å². The van der Waals surface area contributed by atoms with Crippen molar-refractivity contribution in [3.63, 3.8) is 0 Å². The fourth-order valence-electron chi connectivity index (χ4n) is 2.92. The molecule has 0 aliphatic carbocycles. The third-order valence-corrected chi connectivity index (χ3v) is 3.87. The van der Waals surface area contributed by atoms with Crippen molar-refractivity contribution in [1.82, 2.24) is 0 Å². The van der Waals surface area contributed by atoms with Crippen molar-refractivity contribution in [2.75, 3.05) is 0 Å². The van der Waals surface area contributed by atoms with Gasteiger partial charge in [-0.05, 0) is 32.7 Å². The molecule has 0 fully saturated rings. The van der Waals surface area contributed by atoms with Crippen molar-refractivity contribution < 1.29 is 9.46 Å². The molecule has 1 atom stereocenters. The Morgan fingerprint density at radius 3 is 1.38 bits per heavy atom. The SMILES string of the molecule is N[PH](=O)O.c1ccc2c(-c3cccc4ccccc34)cccc2c1. The average molecular weight is 335 g/mol. The van der Waals surface area contributed by atoms with Gasteiger partial charge in [0.05, 0.1) is 0 Å². The monoisotopic (exact) mass is 335 g/mol. The van der Waals surface area contributed by atoms with E-state index in [2.05, 4.69) is 90.4 Å². The number of nitrogens with two attached hydrogens (primary N) is 1. The van der Waals surface area contributed by atoms with Crippen LogP contribution in [0.25, 0.3) is 32.7 Å². The Labute approximate surface area is 141 Å². The molecule has 0 heterocycles. The summed E-state index contributed by atoms with van der Waals surface area (Å²) in [7, 11) is -2.63. The Hall–Kier alpha value is -2.45. The standard InChI is InChI=1S/C20H14.H4NO2P/c1-3-11-17-15(7-1)9-5-13-19(17)20-14-6-10-16-8-2-4-12-18(16)20;1-4(2)3/h1-14H;4H,(H3,1,2,3). The molecule has 4 rings (SSSR count). The lowest BCUT2D eigenvalue weighted by Crippen LogP contribution is -1.83. The zero-order chi connectivity index (χ0) is 16.9. The highest BCUT2D eigenvalue weighted by molar-refractivity contribution is 7.35. The second-order valence-electron chi connectivity index (χ2n) is 5.39. The molecule has 0 aromatic heterocycles. The first-order chi connectivity index (χ1) is 11.7. The smallest absolute Gasteiger partial charge is 0.253 e. The Morgan fingerprint density at radius 2 is 0.958 bits per heavy atom. The molecule has 0 saturated carbocycles. The number of rotatable bonds is 1. The molecule has 0 saturated heterocycles. The van der Waals surface area contributed by atoms with Crippen molar-refractivity contribution in [2.24, 2.45) is 5.50 Å². The maximum Gasteiger partial charge on any atom is 0.253 e. The molecule has 1 unspecified atom stereocenters. The lowest BCUT2D eigenvalue weighted by atomic mass is 9.94. The summed E-state index contributed by atoms with van der Waals surface area (Å²) >= 11 is 0. The Morgan fingerprint density at radius 1 is 0.625 bits per heavy atom. The van der Waals surface area contributed by atoms with E-state index in [0.29, 0.717) is 0 Å². The van der Waals surface area contributed by atoms with E-state index in [4.69, 9.17) is 9.46 Å². The second kappa shape index (κ2) is 7.41. The Bertz CT molecular complexity index is 922. The minimum absolute atomic E-state index is 1.29. The van der Waals surface area contributed by atoms with Gasteiger partial charge in [0, 0.05) is 0 Å². The minimum atomic E-state index is -2.63. The summed E-state index contributed by atoms with van der Waals surface area (Å²) in [6, 6.07) is 30.2. The Kier molecular flexibility index (Phi) is 5.07. The third-order valence-electron chi connectivity index (χ3n) is 3.87. The van der Waals surface area contributed by atoms with Crippen LogP contribution in [0.3, 0.4) is 0 Å². The number of fused-ring (bicyclic) bond motifs is 2. The molecule has 4 heteroatoms.